The summed E-state index contributed by atoms with van der Waals surface area (Å²) < 4.78 is 2.00. The second-order valence-corrected chi connectivity index (χ2v) is 9.54. The second kappa shape index (κ2) is 8.29. The molecule has 3 aromatic heterocycles. The molecule has 0 aliphatic heterocycles. The summed E-state index contributed by atoms with van der Waals surface area (Å²) in [5, 5.41) is 6.85. The van der Waals surface area contributed by atoms with Crippen molar-refractivity contribution in [2.24, 2.45) is 5.92 Å². The molecule has 0 saturated heterocycles. The van der Waals surface area contributed by atoms with Gasteiger partial charge in [0.15, 0.2) is 5.65 Å². The minimum absolute atomic E-state index is 0.0445. The number of carbonyl (C=O) groups excluding carboxylic acids is 1. The lowest BCUT2D eigenvalue weighted by Gasteiger charge is -2.07. The molecule has 172 valence electrons. The third kappa shape index (κ3) is 4.28. The Morgan fingerprint density at radius 2 is 1.97 bits per heavy atom. The molecule has 2 aliphatic carbocycles. The molecule has 2 fully saturated rings. The van der Waals surface area contributed by atoms with Crippen LogP contribution in [0.2, 0.25) is 5.02 Å². The summed E-state index contributed by atoms with van der Waals surface area (Å²) in [5.41, 5.74) is 10.9. The van der Waals surface area contributed by atoms with Crippen molar-refractivity contribution in [3.8, 4) is 0 Å². The Labute approximate surface area is 201 Å². The second-order valence-electron chi connectivity index (χ2n) is 9.10. The van der Waals surface area contributed by atoms with Gasteiger partial charge in [0.1, 0.15) is 18.0 Å². The Balaban J connectivity index is 1.09. The number of rotatable bonds is 7. The fraction of sp³-hybridized carbons (Fsp3) is 0.280. The van der Waals surface area contributed by atoms with E-state index < -0.39 is 0 Å². The fourth-order valence-electron chi connectivity index (χ4n) is 4.44. The van der Waals surface area contributed by atoms with E-state index in [2.05, 4.69) is 31.8 Å². The van der Waals surface area contributed by atoms with Crippen LogP contribution in [0.1, 0.15) is 47.9 Å². The monoisotopic (exact) mass is 473 g/mol. The molecule has 34 heavy (non-hydrogen) atoms. The number of nitrogens with two attached hydrogens (primary N) is 1. The first kappa shape index (κ1) is 20.9. The highest BCUT2D eigenvalue weighted by molar-refractivity contribution is 6.30. The molecule has 6 rings (SSSR count). The first-order chi connectivity index (χ1) is 16.5. The van der Waals surface area contributed by atoms with E-state index in [9.17, 15) is 4.79 Å². The van der Waals surface area contributed by atoms with Gasteiger partial charge in [-0.15, -0.1) is 0 Å². The van der Waals surface area contributed by atoms with Crippen LogP contribution in [0.25, 0.3) is 5.65 Å². The van der Waals surface area contributed by atoms with Crippen LogP contribution < -0.4 is 16.4 Å². The molecule has 2 atom stereocenters. The minimum Gasteiger partial charge on any atom is -0.396 e. The lowest BCUT2D eigenvalue weighted by molar-refractivity contribution is -0.117. The zero-order valence-electron chi connectivity index (χ0n) is 18.4. The molecule has 0 spiro atoms. The lowest BCUT2D eigenvalue weighted by atomic mass is 10.1. The highest BCUT2D eigenvalue weighted by Crippen LogP contribution is 2.48. The smallest absolute Gasteiger partial charge is 0.229 e. The molecule has 1 aromatic carbocycles. The largest absolute Gasteiger partial charge is 0.396 e. The van der Waals surface area contributed by atoms with E-state index in [0.29, 0.717) is 34.8 Å². The van der Waals surface area contributed by atoms with Crippen molar-refractivity contribution < 1.29 is 4.79 Å². The summed E-state index contributed by atoms with van der Waals surface area (Å²) in [6.07, 6.45) is 8.79. The standard InChI is InChI=1S/C25H24ClN7O/c26-17-3-1-2-15(6-17)19-8-20(19)25(34)32-23-9-22(29-13-30-23)28-10-18-12-33-11-16(14-4-5-14)7-21(27)24(33)31-18/h1-3,6-7,9,11-14,19-20H,4-5,8,10,27H2,(H2,28,29,30,32,34)/t19-,20+/m1/s1. The van der Waals surface area contributed by atoms with Gasteiger partial charge in [0.2, 0.25) is 5.91 Å². The number of fused-ring (bicyclic) bond motifs is 1. The predicted molar refractivity (Wildman–Crippen MR) is 132 cm³/mol. The number of hydrogen-bond acceptors (Lipinski definition) is 6. The molecule has 2 aliphatic rings. The molecule has 0 unspecified atom stereocenters. The topological polar surface area (TPSA) is 110 Å². The molecule has 0 bridgehead atoms. The maximum atomic E-state index is 12.7. The summed E-state index contributed by atoms with van der Waals surface area (Å²) in [5.74, 6) is 1.78. The number of nitrogen functional groups attached to an aromatic ring is 1. The summed E-state index contributed by atoms with van der Waals surface area (Å²) in [6, 6.07) is 11.4. The first-order valence-electron chi connectivity index (χ1n) is 11.4. The van der Waals surface area contributed by atoms with Gasteiger partial charge < -0.3 is 20.8 Å². The Bertz CT molecular complexity index is 1400. The van der Waals surface area contributed by atoms with E-state index in [1.165, 1.54) is 24.7 Å². The summed E-state index contributed by atoms with van der Waals surface area (Å²) in [4.78, 5) is 25.8. The van der Waals surface area contributed by atoms with Crippen molar-refractivity contribution in [2.45, 2.75) is 37.6 Å². The Hall–Kier alpha value is -3.65. The van der Waals surface area contributed by atoms with Crippen LogP contribution in [0.15, 0.2) is 55.1 Å². The number of amides is 1. The molecule has 4 aromatic rings. The van der Waals surface area contributed by atoms with Gasteiger partial charge in [-0.2, -0.15) is 0 Å². The highest BCUT2D eigenvalue weighted by atomic mass is 35.5. The van der Waals surface area contributed by atoms with Gasteiger partial charge in [-0.25, -0.2) is 15.0 Å². The maximum Gasteiger partial charge on any atom is 0.229 e. The van der Waals surface area contributed by atoms with E-state index >= 15 is 0 Å². The van der Waals surface area contributed by atoms with Crippen molar-refractivity contribution in [2.75, 3.05) is 16.4 Å². The molecular formula is C25H24ClN7O. The molecule has 8 nitrogen and oxygen atoms in total. The fourth-order valence-corrected chi connectivity index (χ4v) is 4.63. The normalized spacial score (nSPS) is 19.2. The van der Waals surface area contributed by atoms with E-state index in [4.69, 9.17) is 17.3 Å². The number of nitrogens with one attached hydrogen (secondary N) is 2. The zero-order chi connectivity index (χ0) is 23.2. The molecule has 4 N–H and O–H groups in total. The summed E-state index contributed by atoms with van der Waals surface area (Å²) in [7, 11) is 0. The maximum absolute atomic E-state index is 12.7. The number of anilines is 3. The van der Waals surface area contributed by atoms with Gasteiger partial charge in [0, 0.05) is 29.4 Å². The Morgan fingerprint density at radius 1 is 1.12 bits per heavy atom. The first-order valence-corrected chi connectivity index (χ1v) is 11.8. The molecule has 9 heteroatoms. The number of nitrogens with zero attached hydrogens (tertiary/aromatic N) is 4. The third-order valence-corrected chi connectivity index (χ3v) is 6.71. The summed E-state index contributed by atoms with van der Waals surface area (Å²) >= 11 is 6.08. The number of pyridine rings is 1. The molecule has 3 heterocycles. The van der Waals surface area contributed by atoms with Crippen molar-refractivity contribution in [3.05, 3.63) is 77.0 Å². The van der Waals surface area contributed by atoms with Crippen LogP contribution in [-0.4, -0.2) is 25.3 Å². The minimum atomic E-state index is -0.0752. The van der Waals surface area contributed by atoms with Crippen LogP contribution in [0.3, 0.4) is 0 Å². The molecule has 0 radical (unpaired) electrons. The molecular weight excluding hydrogens is 450 g/mol. The van der Waals surface area contributed by atoms with Crippen molar-refractivity contribution in [1.82, 2.24) is 19.4 Å². The van der Waals surface area contributed by atoms with Gasteiger partial charge in [0.25, 0.3) is 0 Å². The SMILES string of the molecule is Nc1cc(C2CC2)cn2cc(CNc3cc(NC(=O)[C@H]4C[C@@H]4c4cccc(Cl)c4)ncn3)nc12. The van der Waals surface area contributed by atoms with Crippen LogP contribution in [0.5, 0.6) is 0 Å². The number of aromatic nitrogens is 4. The Morgan fingerprint density at radius 3 is 2.79 bits per heavy atom. The van der Waals surface area contributed by atoms with Gasteiger partial charge in [-0.05, 0) is 60.4 Å². The van der Waals surface area contributed by atoms with Gasteiger partial charge in [-0.3, -0.25) is 4.79 Å². The quantitative estimate of drug-likeness (QED) is 0.362. The highest BCUT2D eigenvalue weighted by Gasteiger charge is 2.44. The van der Waals surface area contributed by atoms with Gasteiger partial charge in [-0.1, -0.05) is 23.7 Å². The van der Waals surface area contributed by atoms with Crippen LogP contribution in [-0.2, 0) is 11.3 Å². The molecule has 2 saturated carbocycles. The lowest BCUT2D eigenvalue weighted by Crippen LogP contribution is -2.16. The number of halogens is 1. The predicted octanol–water partition coefficient (Wildman–Crippen LogP) is 4.59. The van der Waals surface area contributed by atoms with Gasteiger partial charge in [0.05, 0.1) is 17.9 Å². The van der Waals surface area contributed by atoms with E-state index in [0.717, 1.165) is 23.3 Å². The summed E-state index contributed by atoms with van der Waals surface area (Å²) in [6.45, 7) is 0.476. The number of imidazole rings is 1. The molecule has 1 amide bonds. The van der Waals surface area contributed by atoms with E-state index in [1.807, 2.05) is 40.9 Å². The number of carbonyl (C=O) groups is 1. The van der Waals surface area contributed by atoms with Crippen molar-refractivity contribution in [1.29, 1.82) is 0 Å². The number of hydrogen-bond donors (Lipinski definition) is 3. The van der Waals surface area contributed by atoms with E-state index in [-0.39, 0.29) is 17.7 Å². The Kier molecular flexibility index (Phi) is 5.10. The van der Waals surface area contributed by atoms with Crippen LogP contribution in [0.4, 0.5) is 17.3 Å². The average molecular weight is 474 g/mol. The van der Waals surface area contributed by atoms with Crippen molar-refractivity contribution in [3.63, 3.8) is 0 Å². The van der Waals surface area contributed by atoms with Crippen LogP contribution >= 0.6 is 11.6 Å². The van der Waals surface area contributed by atoms with E-state index in [1.54, 1.807) is 6.07 Å². The number of benzene rings is 1. The van der Waals surface area contributed by atoms with Crippen LogP contribution in [0, 0.1) is 5.92 Å². The average Bonchev–Trinajstić information content (AvgIpc) is 3.74. The third-order valence-electron chi connectivity index (χ3n) is 6.47. The van der Waals surface area contributed by atoms with Crippen molar-refractivity contribution >= 4 is 40.5 Å². The zero-order valence-corrected chi connectivity index (χ0v) is 19.2. The van der Waals surface area contributed by atoms with Gasteiger partial charge >= 0.3 is 0 Å².